The minimum atomic E-state index is -0.900. The van der Waals surface area contributed by atoms with Crippen molar-refractivity contribution < 1.29 is 66.6 Å². The molecule has 0 spiro atoms. The number of carbonyl (C=O) groups is 1. The molecule has 0 aromatic carbocycles. The molecule has 1 saturated heterocycles. The molecule has 0 atom stereocenters. The van der Waals surface area contributed by atoms with Gasteiger partial charge in [-0.25, -0.2) is 0 Å². The van der Waals surface area contributed by atoms with Gasteiger partial charge in [0.15, 0.2) is 0 Å². The Morgan fingerprint density at radius 3 is 2.12 bits per heavy atom. The van der Waals surface area contributed by atoms with Gasteiger partial charge in [-0.15, -0.1) is 0 Å². The summed E-state index contributed by atoms with van der Waals surface area (Å²) in [7, 11) is 0. The van der Waals surface area contributed by atoms with Crippen LogP contribution in [0.4, 0.5) is 0 Å². The molecule has 4 heteroatoms. The smallest absolute Gasteiger partial charge is 0.549 e. The van der Waals surface area contributed by atoms with Gasteiger partial charge in [-0.3, -0.25) is 0 Å². The summed E-state index contributed by atoms with van der Waals surface area (Å²) in [6.07, 6.45) is 0. The molecule has 0 saturated carbocycles. The zero-order valence-corrected chi connectivity index (χ0v) is 8.01. The van der Waals surface area contributed by atoms with E-state index in [9.17, 15) is 9.90 Å². The van der Waals surface area contributed by atoms with Crippen molar-refractivity contribution >= 4 is 5.97 Å². The molecule has 0 aliphatic carbocycles. The summed E-state index contributed by atoms with van der Waals surface area (Å²) in [5, 5.41) is 11.8. The summed E-state index contributed by atoms with van der Waals surface area (Å²) >= 11 is 0. The Morgan fingerprint density at radius 1 is 1.62 bits per heavy atom. The Kier molecular flexibility index (Phi) is 4.50. The standard InChI is InChI=1S/C4H7NO2.K/c6-4(7)3-1-5-2-3;/h3,5H,1-2H2,(H,6,7);/q;+1. The van der Waals surface area contributed by atoms with E-state index in [4.69, 9.17) is 0 Å². The maximum Gasteiger partial charge on any atom is 1.00 e. The third kappa shape index (κ3) is 2.12. The normalized spacial score (nSPS) is 18.5. The fourth-order valence-corrected chi connectivity index (χ4v) is 0.526. The summed E-state index contributed by atoms with van der Waals surface area (Å²) in [4.78, 5) is 9.85. The van der Waals surface area contributed by atoms with Crippen molar-refractivity contribution in [3.8, 4) is 0 Å². The zero-order valence-electron chi connectivity index (χ0n) is 4.89. The fourth-order valence-electron chi connectivity index (χ4n) is 0.526. The molecule has 1 fully saturated rings. The van der Waals surface area contributed by atoms with Gasteiger partial charge >= 0.3 is 51.4 Å². The van der Waals surface area contributed by atoms with E-state index in [2.05, 4.69) is 0 Å². The third-order valence-electron chi connectivity index (χ3n) is 1.24. The van der Waals surface area contributed by atoms with Gasteiger partial charge in [0, 0.05) is 0 Å². The van der Waals surface area contributed by atoms with Crippen molar-refractivity contribution in [3.05, 3.63) is 0 Å². The van der Waals surface area contributed by atoms with E-state index in [-0.39, 0.29) is 57.3 Å². The van der Waals surface area contributed by atoms with Gasteiger partial charge < -0.3 is 15.2 Å². The van der Waals surface area contributed by atoms with Crippen LogP contribution in [0.25, 0.3) is 0 Å². The molecule has 2 N–H and O–H groups in total. The van der Waals surface area contributed by atoms with Crippen LogP contribution in [-0.2, 0) is 4.79 Å². The van der Waals surface area contributed by atoms with Gasteiger partial charge in [0.2, 0.25) is 0 Å². The second-order valence-electron chi connectivity index (χ2n) is 1.78. The maximum atomic E-state index is 9.85. The van der Waals surface area contributed by atoms with Crippen molar-refractivity contribution in [1.29, 1.82) is 0 Å². The van der Waals surface area contributed by atoms with Crippen LogP contribution >= 0.6 is 0 Å². The number of carboxylic acids is 1. The van der Waals surface area contributed by atoms with E-state index in [1.54, 1.807) is 0 Å². The van der Waals surface area contributed by atoms with E-state index in [1.807, 2.05) is 5.32 Å². The predicted molar refractivity (Wildman–Crippen MR) is 20.2 cm³/mol. The zero-order chi connectivity index (χ0) is 5.28. The monoisotopic (exact) mass is 140 g/mol. The molecular formula is C4H7KNO2+. The van der Waals surface area contributed by atoms with E-state index in [0.29, 0.717) is 13.1 Å². The minimum Gasteiger partial charge on any atom is -0.549 e. The minimum absolute atomic E-state index is 0. The molecule has 1 heterocycles. The quantitative estimate of drug-likeness (QED) is 0.369. The Labute approximate surface area is 90.3 Å². The summed E-state index contributed by atoms with van der Waals surface area (Å²) in [6, 6.07) is 0. The molecule has 0 aromatic rings. The fraction of sp³-hybridized carbons (Fsp3) is 0.750. The number of carbonyl (C=O) groups excluding carboxylic acids is 1. The largest absolute Gasteiger partial charge is 1.00 e. The van der Waals surface area contributed by atoms with Gasteiger partial charge in [0.25, 0.3) is 0 Å². The van der Waals surface area contributed by atoms with Crippen LogP contribution in [0.1, 0.15) is 0 Å². The predicted octanol–water partition coefficient (Wildman–Crippen LogP) is -6.07. The average molecular weight is 140 g/mol. The molecule has 1 rings (SSSR count). The van der Waals surface area contributed by atoms with Crippen LogP contribution in [0.2, 0.25) is 0 Å². The number of rotatable bonds is 1. The van der Waals surface area contributed by atoms with Crippen LogP contribution in [0, 0.1) is 5.92 Å². The molecule has 0 bridgehead atoms. The van der Waals surface area contributed by atoms with Crippen molar-refractivity contribution in [3.63, 3.8) is 0 Å². The van der Waals surface area contributed by atoms with Crippen LogP contribution < -0.4 is 61.8 Å². The summed E-state index contributed by atoms with van der Waals surface area (Å²) in [5.41, 5.74) is 0. The molecule has 40 valence electrons. The molecule has 0 amide bonds. The number of nitrogens with two attached hydrogens (primary N) is 1. The van der Waals surface area contributed by atoms with E-state index < -0.39 is 5.97 Å². The molecule has 0 aromatic heterocycles. The first-order valence-electron chi connectivity index (χ1n) is 2.33. The first-order chi connectivity index (χ1) is 3.30. The molecule has 1 aliphatic rings. The average Bonchev–Trinajstić information content (AvgIpc) is 1.23. The van der Waals surface area contributed by atoms with Crippen LogP contribution in [0.15, 0.2) is 0 Å². The number of carboxylic acid groups (broad SMARTS) is 1. The second kappa shape index (κ2) is 3.97. The summed E-state index contributed by atoms with van der Waals surface area (Å²) in [5.74, 6) is -1.07. The molecule has 3 nitrogen and oxygen atoms in total. The van der Waals surface area contributed by atoms with Crippen LogP contribution in [0.3, 0.4) is 0 Å². The van der Waals surface area contributed by atoms with Gasteiger partial charge in [-0.1, -0.05) is 0 Å². The first-order valence-corrected chi connectivity index (χ1v) is 2.33. The van der Waals surface area contributed by atoms with Crippen molar-refractivity contribution in [2.45, 2.75) is 0 Å². The summed E-state index contributed by atoms with van der Waals surface area (Å²) in [6.45, 7) is 1.42. The SMILES string of the molecule is O=C([O-])C1C[NH2+]C1.[K+]. The van der Waals surface area contributed by atoms with Gasteiger partial charge in [0.1, 0.15) is 0 Å². The number of aliphatic carboxylic acids is 1. The van der Waals surface area contributed by atoms with Crippen LogP contribution in [-0.4, -0.2) is 19.1 Å². The molecule has 0 unspecified atom stereocenters. The number of hydrogen-bond acceptors (Lipinski definition) is 2. The summed E-state index contributed by atoms with van der Waals surface area (Å²) < 4.78 is 0. The van der Waals surface area contributed by atoms with E-state index >= 15 is 0 Å². The molecular weight excluding hydrogens is 133 g/mol. The van der Waals surface area contributed by atoms with E-state index in [0.717, 1.165) is 0 Å². The Morgan fingerprint density at radius 2 is 2.12 bits per heavy atom. The number of quaternary nitrogens is 1. The van der Waals surface area contributed by atoms with Crippen molar-refractivity contribution in [2.75, 3.05) is 13.1 Å². The Balaban J connectivity index is 0.000000490. The Bertz CT molecular complexity index is 92.0. The van der Waals surface area contributed by atoms with Crippen LogP contribution in [0.5, 0.6) is 0 Å². The first kappa shape index (κ1) is 9.07. The van der Waals surface area contributed by atoms with Crippen molar-refractivity contribution in [1.82, 2.24) is 0 Å². The van der Waals surface area contributed by atoms with Gasteiger partial charge in [-0.05, 0) is 0 Å². The molecule has 0 radical (unpaired) electrons. The third-order valence-corrected chi connectivity index (χ3v) is 1.24. The topological polar surface area (TPSA) is 56.7 Å². The molecule has 8 heavy (non-hydrogen) atoms. The van der Waals surface area contributed by atoms with Gasteiger partial charge in [0.05, 0.1) is 25.0 Å². The number of hydrogen-bond donors (Lipinski definition) is 1. The Hall–Kier alpha value is 1.07. The van der Waals surface area contributed by atoms with E-state index in [1.165, 1.54) is 0 Å². The van der Waals surface area contributed by atoms with Crippen molar-refractivity contribution in [2.24, 2.45) is 5.92 Å². The molecule has 1 aliphatic heterocycles. The second-order valence-corrected chi connectivity index (χ2v) is 1.78. The maximum absolute atomic E-state index is 9.85. The van der Waals surface area contributed by atoms with Gasteiger partial charge in [-0.2, -0.15) is 0 Å².